The number of halogens is 2. The zero-order chi connectivity index (χ0) is 14.6. The predicted octanol–water partition coefficient (Wildman–Crippen LogP) is 1.73. The molecule has 4 nitrogen and oxygen atoms in total. The van der Waals surface area contributed by atoms with Crippen molar-refractivity contribution in [1.29, 1.82) is 0 Å². The Kier molecular flexibility index (Phi) is 4.97. The van der Waals surface area contributed by atoms with Gasteiger partial charge in [-0.05, 0) is 32.4 Å². The number of carboxylic acid groups (broad SMARTS) is 1. The lowest BCUT2D eigenvalue weighted by Gasteiger charge is -2.16. The fourth-order valence-corrected chi connectivity index (χ4v) is 1.56. The van der Waals surface area contributed by atoms with E-state index in [0.717, 1.165) is 12.1 Å². The van der Waals surface area contributed by atoms with Crippen LogP contribution in [0.3, 0.4) is 0 Å². The number of amides is 1. The van der Waals surface area contributed by atoms with Crippen LogP contribution in [0.5, 0.6) is 0 Å². The molecule has 1 amide bonds. The minimum absolute atomic E-state index is 0.0451. The van der Waals surface area contributed by atoms with E-state index in [0.29, 0.717) is 0 Å². The molecule has 2 N–H and O–H groups in total. The molecule has 1 aromatic rings. The van der Waals surface area contributed by atoms with Crippen molar-refractivity contribution < 1.29 is 23.5 Å². The van der Waals surface area contributed by atoms with Crippen LogP contribution in [0.2, 0.25) is 0 Å². The molecule has 0 spiro atoms. The molecule has 2 atom stereocenters. The molecule has 0 aliphatic heterocycles. The SMILES string of the molecule is CC(Cc1c(F)cccc1F)NC(=O)C(C)C(=O)O. The van der Waals surface area contributed by atoms with Crippen LogP contribution in [0.1, 0.15) is 19.4 Å². The van der Waals surface area contributed by atoms with Gasteiger partial charge in [0.1, 0.15) is 17.6 Å². The van der Waals surface area contributed by atoms with Crippen molar-refractivity contribution in [2.24, 2.45) is 5.92 Å². The van der Waals surface area contributed by atoms with Gasteiger partial charge in [0.05, 0.1) is 0 Å². The number of carbonyl (C=O) groups excluding carboxylic acids is 1. The molecule has 0 fully saturated rings. The molecule has 0 heterocycles. The molecule has 2 unspecified atom stereocenters. The number of benzene rings is 1. The molecule has 0 aromatic heterocycles. The van der Waals surface area contributed by atoms with Crippen molar-refractivity contribution in [3.63, 3.8) is 0 Å². The lowest BCUT2D eigenvalue weighted by Crippen LogP contribution is -2.40. The van der Waals surface area contributed by atoms with E-state index in [9.17, 15) is 18.4 Å². The number of aliphatic carboxylic acids is 1. The second kappa shape index (κ2) is 6.26. The Balaban J connectivity index is 2.68. The van der Waals surface area contributed by atoms with Gasteiger partial charge < -0.3 is 10.4 Å². The molecule has 0 saturated heterocycles. The third kappa shape index (κ3) is 4.01. The second-order valence-electron chi connectivity index (χ2n) is 4.37. The van der Waals surface area contributed by atoms with Crippen LogP contribution in [-0.4, -0.2) is 23.0 Å². The van der Waals surface area contributed by atoms with Gasteiger partial charge in [0.15, 0.2) is 0 Å². The van der Waals surface area contributed by atoms with Crippen LogP contribution >= 0.6 is 0 Å². The highest BCUT2D eigenvalue weighted by Gasteiger charge is 2.22. The summed E-state index contributed by atoms with van der Waals surface area (Å²) in [5.41, 5.74) is -0.127. The maximum absolute atomic E-state index is 13.4. The van der Waals surface area contributed by atoms with Crippen molar-refractivity contribution in [3.05, 3.63) is 35.4 Å². The van der Waals surface area contributed by atoms with Crippen molar-refractivity contribution >= 4 is 11.9 Å². The average Bonchev–Trinajstić information content (AvgIpc) is 2.32. The van der Waals surface area contributed by atoms with Gasteiger partial charge >= 0.3 is 5.97 Å². The van der Waals surface area contributed by atoms with E-state index in [1.807, 2.05) is 0 Å². The average molecular weight is 271 g/mol. The normalized spacial score (nSPS) is 13.7. The summed E-state index contributed by atoms with van der Waals surface area (Å²) in [5, 5.41) is 11.1. The Morgan fingerprint density at radius 1 is 1.26 bits per heavy atom. The number of hydrogen-bond acceptors (Lipinski definition) is 2. The first-order valence-electron chi connectivity index (χ1n) is 5.79. The number of nitrogens with one attached hydrogen (secondary N) is 1. The topological polar surface area (TPSA) is 66.4 Å². The zero-order valence-corrected chi connectivity index (χ0v) is 10.6. The standard InChI is InChI=1S/C13H15F2NO3/c1-7(16-12(17)8(2)13(18)19)6-9-10(14)4-3-5-11(9)15/h3-5,7-8H,6H2,1-2H3,(H,16,17)(H,18,19). The lowest BCUT2D eigenvalue weighted by molar-refractivity contribution is -0.146. The van der Waals surface area contributed by atoms with Gasteiger partial charge in [-0.1, -0.05) is 6.07 Å². The number of hydrogen-bond donors (Lipinski definition) is 2. The van der Waals surface area contributed by atoms with E-state index < -0.39 is 35.5 Å². The van der Waals surface area contributed by atoms with Gasteiger partial charge in [-0.2, -0.15) is 0 Å². The van der Waals surface area contributed by atoms with Crippen LogP contribution in [-0.2, 0) is 16.0 Å². The number of carbonyl (C=O) groups is 2. The smallest absolute Gasteiger partial charge is 0.315 e. The molecule has 6 heteroatoms. The fraction of sp³-hybridized carbons (Fsp3) is 0.385. The molecule has 0 bridgehead atoms. The molecule has 0 aliphatic carbocycles. The van der Waals surface area contributed by atoms with Crippen LogP contribution in [0, 0.1) is 17.6 Å². The van der Waals surface area contributed by atoms with Crippen molar-refractivity contribution in [3.8, 4) is 0 Å². The van der Waals surface area contributed by atoms with Crippen molar-refractivity contribution in [1.82, 2.24) is 5.32 Å². The molecule has 0 saturated carbocycles. The minimum Gasteiger partial charge on any atom is -0.481 e. The highest BCUT2D eigenvalue weighted by atomic mass is 19.1. The molecule has 1 rings (SSSR count). The molecule has 104 valence electrons. The van der Waals surface area contributed by atoms with Crippen LogP contribution < -0.4 is 5.32 Å². The second-order valence-corrected chi connectivity index (χ2v) is 4.37. The predicted molar refractivity (Wildman–Crippen MR) is 64.5 cm³/mol. The van der Waals surface area contributed by atoms with Crippen LogP contribution in [0.4, 0.5) is 8.78 Å². The minimum atomic E-state index is -1.25. The largest absolute Gasteiger partial charge is 0.481 e. The number of rotatable bonds is 5. The summed E-state index contributed by atoms with van der Waals surface area (Å²) in [4.78, 5) is 22.1. The Morgan fingerprint density at radius 2 is 1.79 bits per heavy atom. The van der Waals surface area contributed by atoms with Gasteiger partial charge in [-0.15, -0.1) is 0 Å². The first-order valence-corrected chi connectivity index (χ1v) is 5.79. The van der Waals surface area contributed by atoms with E-state index in [4.69, 9.17) is 5.11 Å². The Hall–Kier alpha value is -1.98. The summed E-state index contributed by atoms with van der Waals surface area (Å²) < 4.78 is 26.8. The summed E-state index contributed by atoms with van der Waals surface area (Å²) in [5.74, 6) is -4.51. The maximum Gasteiger partial charge on any atom is 0.315 e. The van der Waals surface area contributed by atoms with E-state index >= 15 is 0 Å². The Bertz CT molecular complexity index is 471. The summed E-state index contributed by atoms with van der Waals surface area (Å²) in [6.07, 6.45) is -0.0451. The third-order valence-electron chi connectivity index (χ3n) is 2.72. The van der Waals surface area contributed by atoms with E-state index in [1.165, 1.54) is 13.0 Å². The molecule has 19 heavy (non-hydrogen) atoms. The summed E-state index contributed by atoms with van der Waals surface area (Å²) >= 11 is 0. The van der Waals surface area contributed by atoms with E-state index in [2.05, 4.69) is 5.32 Å². The summed E-state index contributed by atoms with van der Waals surface area (Å²) in [7, 11) is 0. The van der Waals surface area contributed by atoms with E-state index in [-0.39, 0.29) is 12.0 Å². The molecule has 1 aromatic carbocycles. The summed E-state index contributed by atoms with van der Waals surface area (Å²) in [6.45, 7) is 2.80. The fourth-order valence-electron chi connectivity index (χ4n) is 1.56. The molecule has 0 aliphatic rings. The van der Waals surface area contributed by atoms with Gasteiger partial charge in [0.25, 0.3) is 0 Å². The highest BCUT2D eigenvalue weighted by Crippen LogP contribution is 2.14. The zero-order valence-electron chi connectivity index (χ0n) is 10.6. The van der Waals surface area contributed by atoms with Crippen LogP contribution in [0.25, 0.3) is 0 Å². The molecular formula is C13H15F2NO3. The first kappa shape index (κ1) is 15.1. The Labute approximate surface area is 109 Å². The number of carboxylic acids is 1. The third-order valence-corrected chi connectivity index (χ3v) is 2.72. The summed E-state index contributed by atoms with van der Waals surface area (Å²) in [6, 6.07) is 2.95. The van der Waals surface area contributed by atoms with Gasteiger partial charge in [0.2, 0.25) is 5.91 Å². The monoisotopic (exact) mass is 271 g/mol. The molecular weight excluding hydrogens is 256 g/mol. The van der Waals surface area contributed by atoms with Gasteiger partial charge in [-0.25, -0.2) is 8.78 Å². The quantitative estimate of drug-likeness (QED) is 0.801. The van der Waals surface area contributed by atoms with Crippen molar-refractivity contribution in [2.45, 2.75) is 26.3 Å². The first-order chi connectivity index (χ1) is 8.82. The van der Waals surface area contributed by atoms with Crippen molar-refractivity contribution in [2.75, 3.05) is 0 Å². The molecule has 0 radical (unpaired) electrons. The van der Waals surface area contributed by atoms with E-state index in [1.54, 1.807) is 6.92 Å². The van der Waals surface area contributed by atoms with Crippen LogP contribution in [0.15, 0.2) is 18.2 Å². The van der Waals surface area contributed by atoms with Gasteiger partial charge in [0, 0.05) is 11.6 Å². The maximum atomic E-state index is 13.4. The lowest BCUT2D eigenvalue weighted by atomic mass is 10.0. The highest BCUT2D eigenvalue weighted by molar-refractivity contribution is 5.96. The Morgan fingerprint density at radius 3 is 2.26 bits per heavy atom. The van der Waals surface area contributed by atoms with Gasteiger partial charge in [-0.3, -0.25) is 9.59 Å².